The van der Waals surface area contributed by atoms with Crippen molar-refractivity contribution < 1.29 is 28.6 Å². The van der Waals surface area contributed by atoms with E-state index in [1.54, 1.807) is 6.92 Å². The van der Waals surface area contributed by atoms with Gasteiger partial charge in [0.1, 0.15) is 12.4 Å². The number of hydrogen-bond donors (Lipinski definition) is 1. The van der Waals surface area contributed by atoms with E-state index >= 15 is 0 Å². The van der Waals surface area contributed by atoms with Gasteiger partial charge in [0.25, 0.3) is 0 Å². The van der Waals surface area contributed by atoms with Crippen LogP contribution in [0.5, 0.6) is 5.75 Å². The maximum absolute atomic E-state index is 11.6. The van der Waals surface area contributed by atoms with Gasteiger partial charge in [-0.05, 0) is 90.8 Å². The highest BCUT2D eigenvalue weighted by Gasteiger charge is 2.26. The number of nitriles is 1. The van der Waals surface area contributed by atoms with E-state index in [0.29, 0.717) is 18.9 Å². The van der Waals surface area contributed by atoms with Crippen LogP contribution in [0.2, 0.25) is 0 Å². The molecule has 1 rings (SSSR count). The maximum atomic E-state index is 11.6. The molecule has 0 saturated carbocycles. The molecule has 9 heteroatoms. The van der Waals surface area contributed by atoms with Gasteiger partial charge < -0.3 is 19.5 Å². The number of amides is 1. The highest BCUT2D eigenvalue weighted by atomic mass is 16.7. The number of ether oxygens (including phenoxy) is 3. The van der Waals surface area contributed by atoms with Gasteiger partial charge in [0, 0.05) is 12.5 Å². The molecule has 1 N–H and O–H groups in total. The minimum absolute atomic E-state index is 0.119. The summed E-state index contributed by atoms with van der Waals surface area (Å²) >= 11 is 0. The van der Waals surface area contributed by atoms with Crippen molar-refractivity contribution in [1.82, 2.24) is 5.32 Å². The molecule has 9 nitrogen and oxygen atoms in total. The molecule has 0 aliphatic carbocycles. The van der Waals surface area contributed by atoms with Crippen LogP contribution < -0.4 is 10.1 Å². The van der Waals surface area contributed by atoms with Crippen LogP contribution in [0.25, 0.3) is 0 Å². The quantitative estimate of drug-likeness (QED) is 0.0594. The van der Waals surface area contributed by atoms with Crippen molar-refractivity contribution in [3.63, 3.8) is 0 Å². The molecular weight excluding hydrogens is 522 g/mol. The highest BCUT2D eigenvalue weighted by Crippen LogP contribution is 2.22. The summed E-state index contributed by atoms with van der Waals surface area (Å²) in [6.07, 6.45) is 2.72. The standard InChI is InChI=1S/C14H22O2.C13H24N2O4.C5H9N/c1-5-11(3)13-7-9-14(10-8-13)16-12(4)15-6-2;1-6-10(3)15-19-12(17)14-8-9-18-11(16)13(4,5)7-2;1-3-5(2)4-6/h7-12H,5-6H2,1-4H3;6-9H2,1-5H3,(H,14,17);5H,3H2,1-2H3/b;15-10+;. The minimum atomic E-state index is -0.654. The lowest BCUT2D eigenvalue weighted by molar-refractivity contribution is -0.153. The van der Waals surface area contributed by atoms with Crippen LogP contribution in [0.4, 0.5) is 4.79 Å². The first-order valence-corrected chi connectivity index (χ1v) is 14.7. The molecular formula is C32H55N3O6. The topological polar surface area (TPSA) is 119 Å². The van der Waals surface area contributed by atoms with E-state index < -0.39 is 11.5 Å². The molecule has 0 fully saturated rings. The zero-order valence-corrected chi connectivity index (χ0v) is 27.3. The third-order valence-electron chi connectivity index (χ3n) is 6.43. The Hall–Kier alpha value is -3.12. The van der Waals surface area contributed by atoms with Crippen LogP contribution in [-0.2, 0) is 19.1 Å². The Balaban J connectivity index is 0. The van der Waals surface area contributed by atoms with E-state index in [1.165, 1.54) is 5.56 Å². The summed E-state index contributed by atoms with van der Waals surface area (Å²) in [5, 5.41) is 14.1. The van der Waals surface area contributed by atoms with Crippen LogP contribution in [0.15, 0.2) is 29.4 Å². The summed E-state index contributed by atoms with van der Waals surface area (Å²) in [5.41, 5.74) is 1.59. The Labute approximate surface area is 249 Å². The van der Waals surface area contributed by atoms with Gasteiger partial charge in [-0.15, -0.1) is 0 Å². The average Bonchev–Trinajstić information content (AvgIpc) is 2.98. The van der Waals surface area contributed by atoms with Gasteiger partial charge in [-0.2, -0.15) is 5.26 Å². The molecule has 0 aliphatic rings. The second kappa shape index (κ2) is 23.6. The van der Waals surface area contributed by atoms with Gasteiger partial charge >= 0.3 is 12.1 Å². The number of carbonyl (C=O) groups excluding carboxylic acids is 2. The van der Waals surface area contributed by atoms with Crippen molar-refractivity contribution in [2.75, 3.05) is 19.8 Å². The Morgan fingerprint density at radius 3 is 2.07 bits per heavy atom. The zero-order valence-electron chi connectivity index (χ0n) is 27.3. The third-order valence-corrected chi connectivity index (χ3v) is 6.43. The van der Waals surface area contributed by atoms with Gasteiger partial charge in [-0.3, -0.25) is 9.63 Å². The lowest BCUT2D eigenvalue weighted by atomic mass is 9.91. The Bertz CT molecular complexity index is 909. The van der Waals surface area contributed by atoms with Crippen LogP contribution in [0.1, 0.15) is 113 Å². The predicted molar refractivity (Wildman–Crippen MR) is 165 cm³/mol. The zero-order chi connectivity index (χ0) is 31.8. The SMILES string of the molecule is CC/C(C)=N/OC(=O)NCCOC(=O)C(C)(C)CC.CCC(C)C#N.CCOC(C)Oc1ccc(C(C)CC)cc1. The smallest absolute Gasteiger partial charge is 0.433 e. The number of hydrogen-bond acceptors (Lipinski definition) is 8. The second-order valence-corrected chi connectivity index (χ2v) is 10.3. The normalized spacial score (nSPS) is 13.1. The lowest BCUT2D eigenvalue weighted by Crippen LogP contribution is -2.31. The first-order chi connectivity index (χ1) is 19.3. The molecule has 0 bridgehead atoms. The van der Waals surface area contributed by atoms with Gasteiger partial charge in [0.05, 0.1) is 23.7 Å². The van der Waals surface area contributed by atoms with Gasteiger partial charge in [-0.1, -0.05) is 51.9 Å². The van der Waals surface area contributed by atoms with E-state index in [4.69, 9.17) is 19.5 Å². The molecule has 1 aromatic rings. The van der Waals surface area contributed by atoms with Gasteiger partial charge in [0.2, 0.25) is 0 Å². The molecule has 1 amide bonds. The fourth-order valence-electron chi connectivity index (χ4n) is 2.52. The number of nitrogens with one attached hydrogen (secondary N) is 1. The number of carbonyl (C=O) groups is 2. The summed E-state index contributed by atoms with van der Waals surface area (Å²) < 4.78 is 16.0. The summed E-state index contributed by atoms with van der Waals surface area (Å²) in [5.74, 6) is 1.45. The van der Waals surface area contributed by atoms with Crippen molar-refractivity contribution >= 4 is 17.8 Å². The molecule has 3 unspecified atom stereocenters. The molecule has 0 saturated heterocycles. The van der Waals surface area contributed by atoms with E-state index in [1.807, 2.05) is 67.5 Å². The first kappa shape index (κ1) is 40.0. The number of rotatable bonds is 14. The second-order valence-electron chi connectivity index (χ2n) is 10.3. The van der Waals surface area contributed by atoms with Crippen LogP contribution in [0, 0.1) is 22.7 Å². The minimum Gasteiger partial charge on any atom is -0.465 e. The molecule has 0 spiro atoms. The number of esters is 1. The molecule has 234 valence electrons. The van der Waals surface area contributed by atoms with Crippen molar-refractivity contribution in [3.8, 4) is 11.8 Å². The van der Waals surface area contributed by atoms with Crippen LogP contribution in [-0.4, -0.2) is 43.8 Å². The van der Waals surface area contributed by atoms with E-state index in [0.717, 1.165) is 30.7 Å². The molecule has 3 atom stereocenters. The first-order valence-electron chi connectivity index (χ1n) is 14.7. The Kier molecular flexibility index (Phi) is 23.0. The monoisotopic (exact) mass is 577 g/mol. The average molecular weight is 578 g/mol. The summed E-state index contributed by atoms with van der Waals surface area (Å²) in [4.78, 5) is 27.4. The third kappa shape index (κ3) is 20.4. The van der Waals surface area contributed by atoms with Crippen LogP contribution >= 0.6 is 0 Å². The molecule has 1 aromatic carbocycles. The lowest BCUT2D eigenvalue weighted by Gasteiger charge is -2.20. The fourth-order valence-corrected chi connectivity index (χ4v) is 2.52. The van der Waals surface area contributed by atoms with Crippen molar-refractivity contribution in [2.45, 2.75) is 114 Å². The van der Waals surface area contributed by atoms with E-state index in [2.05, 4.69) is 47.4 Å². The number of oxime groups is 1. The summed E-state index contributed by atoms with van der Waals surface area (Å²) in [6, 6.07) is 10.4. The number of benzene rings is 1. The van der Waals surface area contributed by atoms with Crippen molar-refractivity contribution in [3.05, 3.63) is 29.8 Å². The Morgan fingerprint density at radius 1 is 1.02 bits per heavy atom. The Morgan fingerprint density at radius 2 is 1.63 bits per heavy atom. The van der Waals surface area contributed by atoms with Crippen LogP contribution in [0.3, 0.4) is 0 Å². The predicted octanol–water partition coefficient (Wildman–Crippen LogP) is 8.00. The molecule has 0 heterocycles. The fraction of sp³-hybridized carbons (Fsp3) is 0.688. The summed E-state index contributed by atoms with van der Waals surface area (Å²) in [7, 11) is 0. The largest absolute Gasteiger partial charge is 0.465 e. The van der Waals surface area contributed by atoms with E-state index in [-0.39, 0.29) is 31.3 Å². The van der Waals surface area contributed by atoms with Crippen molar-refractivity contribution in [2.24, 2.45) is 16.5 Å². The molecule has 0 aromatic heterocycles. The van der Waals surface area contributed by atoms with E-state index in [9.17, 15) is 9.59 Å². The molecule has 0 radical (unpaired) electrons. The summed E-state index contributed by atoms with van der Waals surface area (Å²) in [6.45, 7) is 22.5. The van der Waals surface area contributed by atoms with Crippen molar-refractivity contribution in [1.29, 1.82) is 5.26 Å². The van der Waals surface area contributed by atoms with Gasteiger partial charge in [0.15, 0.2) is 6.29 Å². The highest BCUT2D eigenvalue weighted by molar-refractivity contribution is 5.81. The molecule has 41 heavy (non-hydrogen) atoms. The number of nitrogens with zero attached hydrogens (tertiary/aromatic N) is 2. The van der Waals surface area contributed by atoms with Gasteiger partial charge in [-0.25, -0.2) is 4.79 Å². The maximum Gasteiger partial charge on any atom is 0.433 e. The molecule has 0 aliphatic heterocycles.